The van der Waals surface area contributed by atoms with Crippen molar-refractivity contribution in [3.8, 4) is 69.9 Å². The lowest BCUT2D eigenvalue weighted by molar-refractivity contribution is -0.143. The van der Waals surface area contributed by atoms with Crippen molar-refractivity contribution in [1.82, 2.24) is 80.7 Å². The molecule has 2 atom stereocenters. The predicted octanol–water partition coefficient (Wildman–Crippen LogP) is 11.1. The van der Waals surface area contributed by atoms with E-state index >= 15 is 0 Å². The Bertz CT molecular complexity index is 5360. The normalized spacial score (nSPS) is 16.0. The molecule has 550 valence electrons. The zero-order valence-corrected chi connectivity index (χ0v) is 60.0. The van der Waals surface area contributed by atoms with Crippen molar-refractivity contribution in [1.29, 1.82) is 0 Å². The third kappa shape index (κ3) is 17.9. The Hall–Kier alpha value is -12.4. The molecule has 2 saturated heterocycles. The van der Waals surface area contributed by atoms with Gasteiger partial charge in [-0.1, -0.05) is 29.4 Å². The number of furan rings is 1. The Labute approximate surface area is 626 Å². The number of aromatic amines is 4. The molecule has 0 spiro atoms. The van der Waals surface area contributed by atoms with Gasteiger partial charge in [0.2, 0.25) is 21.9 Å². The number of terminal acetylenes is 3. The highest BCUT2D eigenvalue weighted by atomic mass is 35.5. The number of aromatic nitrogens is 16. The molecular formula is C70H70ClN23O10S3. The fraction of sp³-hybridized carbons (Fsp3) is 0.286. The number of methoxy groups -OCH3 is 1. The van der Waals surface area contributed by atoms with E-state index in [0.29, 0.717) is 145 Å². The van der Waals surface area contributed by atoms with Crippen LogP contribution in [0.25, 0.3) is 32.9 Å². The fourth-order valence-electron chi connectivity index (χ4n) is 11.4. The molecule has 5 aliphatic rings. The summed E-state index contributed by atoms with van der Waals surface area (Å²) >= 11 is 8.14. The first-order valence-corrected chi connectivity index (χ1v) is 37.1. The minimum absolute atomic E-state index is 0. The highest BCUT2D eigenvalue weighted by molar-refractivity contribution is 7.91. The van der Waals surface area contributed by atoms with Gasteiger partial charge in [-0.3, -0.25) is 25.2 Å². The molecular weight excluding hydrogens is 1450 g/mol. The van der Waals surface area contributed by atoms with Gasteiger partial charge in [0, 0.05) is 81.2 Å². The van der Waals surface area contributed by atoms with Gasteiger partial charge in [0.15, 0.2) is 64.0 Å². The Morgan fingerprint density at radius 1 is 0.607 bits per heavy atom. The van der Waals surface area contributed by atoms with E-state index in [1.54, 1.807) is 53.9 Å². The zero-order chi connectivity index (χ0) is 74.9. The Morgan fingerprint density at radius 2 is 1.07 bits per heavy atom. The molecule has 0 aromatic carbocycles. The standard InChI is InChI=1S/C19H22N6O2.C18H20N6O2.C18H13N5O3S.C15H11ClN6O3S2.2H2/c1-3-12-11-20-19(25-9-5-4-6-15(25)18(26)27-2)22-17(12)21-16-10-14(23-24-16)13-7-8-13;1-2-11-10-19-18(24-8-4-3-5-14(24)17(25)26)21-16(11)20-15-9-13(22-23-15)12-6-7-12;1-2-9-8-19-17(13-6-5-12(27-13)15(24)18(25)26)21-16(9)20-14-7-11(22-23-14)10-3-4-10;16-8-7-18-15(11-3-4-13(26-11)27(17,23)24)20-14(8)19-12-6-9(21-22-12)10-2-1-5-25-10;;/h1,10-11,13,15H,4-9H2,2H3,(H2,20,21,22,23,24);1,9-10,12,14H,3-8H2,(H,25,26)(H2,19,20,21,22,23);1,5-8,10H,3-4H2,(H,25,26)(H2,19,20,21,22,23);1-7H,(H2,17,23,24)(H2,18,19,20,21,22);2*1H. The number of anilines is 10. The van der Waals surface area contributed by atoms with E-state index in [0.717, 1.165) is 84.7 Å². The number of carbonyl (C=O) groups is 4. The maximum atomic E-state index is 12.1. The minimum atomic E-state index is -3.78. The van der Waals surface area contributed by atoms with Crippen LogP contribution in [0.5, 0.6) is 0 Å². The molecule has 5 fully saturated rings. The molecule has 11 aromatic rings. The number of carboxylic acid groups (broad SMARTS) is 2. The zero-order valence-electron chi connectivity index (χ0n) is 56.8. The largest absolute Gasteiger partial charge is 0.480 e. The molecule has 37 heteroatoms. The van der Waals surface area contributed by atoms with E-state index in [9.17, 15) is 32.7 Å². The number of rotatable bonds is 21. The Morgan fingerprint density at radius 3 is 1.56 bits per heavy atom. The lowest BCUT2D eigenvalue weighted by Crippen LogP contribution is -2.46. The van der Waals surface area contributed by atoms with Crippen LogP contribution in [0.4, 0.5) is 58.4 Å². The van der Waals surface area contributed by atoms with Gasteiger partial charge >= 0.3 is 17.9 Å². The molecule has 12 N–H and O–H groups in total. The number of esters is 1. The van der Waals surface area contributed by atoms with E-state index in [4.69, 9.17) is 50.3 Å². The highest BCUT2D eigenvalue weighted by Crippen LogP contribution is 2.42. The Balaban J connectivity index is 0.000000143. The molecule has 33 nitrogen and oxygen atoms in total. The highest BCUT2D eigenvalue weighted by Gasteiger charge is 2.34. The van der Waals surface area contributed by atoms with Crippen LogP contribution < -0.4 is 36.2 Å². The van der Waals surface area contributed by atoms with Crippen LogP contribution >= 0.6 is 34.3 Å². The Kier molecular flexibility index (Phi) is 22.0. The van der Waals surface area contributed by atoms with Crippen molar-refractivity contribution in [3.05, 3.63) is 135 Å². The number of piperidine rings is 2. The molecule has 0 bridgehead atoms. The van der Waals surface area contributed by atoms with Crippen LogP contribution in [-0.2, 0) is 29.1 Å². The number of primary sulfonamides is 1. The van der Waals surface area contributed by atoms with Crippen LogP contribution in [0.3, 0.4) is 0 Å². The van der Waals surface area contributed by atoms with Crippen LogP contribution in [0.2, 0.25) is 5.02 Å². The van der Waals surface area contributed by atoms with Crippen LogP contribution in [0.15, 0.2) is 100 Å². The minimum Gasteiger partial charge on any atom is -0.480 e. The molecule has 3 aliphatic carbocycles. The van der Waals surface area contributed by atoms with Crippen LogP contribution in [0, 0.1) is 37.0 Å². The van der Waals surface area contributed by atoms with Crippen molar-refractivity contribution in [2.24, 2.45) is 5.14 Å². The summed E-state index contributed by atoms with van der Waals surface area (Å²) in [5.41, 5.74) is 5.50. The average molecular weight is 1530 g/mol. The first-order valence-electron chi connectivity index (χ1n) is 33.5. The van der Waals surface area contributed by atoms with Gasteiger partial charge in [-0.25, -0.2) is 57.8 Å². The summed E-state index contributed by atoms with van der Waals surface area (Å²) in [7, 11) is -2.38. The number of nitrogens with two attached hydrogens (primary N) is 1. The maximum Gasteiger partial charge on any atom is 0.378 e. The number of carbonyl (C=O) groups excluding carboxylic acids is 2. The number of halogens is 1. The van der Waals surface area contributed by atoms with Crippen molar-refractivity contribution in [2.75, 3.05) is 51.3 Å². The lowest BCUT2D eigenvalue weighted by atomic mass is 10.0. The van der Waals surface area contributed by atoms with E-state index in [-0.39, 0.29) is 29.0 Å². The molecule has 0 amide bonds. The second-order valence-electron chi connectivity index (χ2n) is 25.0. The van der Waals surface area contributed by atoms with E-state index in [2.05, 4.69) is 120 Å². The number of carboxylic acids is 2. The summed E-state index contributed by atoms with van der Waals surface area (Å²) in [4.78, 5) is 85.8. The maximum absolute atomic E-state index is 12.1. The van der Waals surface area contributed by atoms with Gasteiger partial charge in [-0.05, 0) is 113 Å². The van der Waals surface area contributed by atoms with Gasteiger partial charge in [0.1, 0.15) is 27.0 Å². The monoisotopic (exact) mass is 1520 g/mol. The van der Waals surface area contributed by atoms with Gasteiger partial charge in [0.05, 0.1) is 63.3 Å². The molecule has 16 rings (SSSR count). The summed E-state index contributed by atoms with van der Waals surface area (Å²) in [6, 6.07) is 16.2. The number of ketones is 1. The van der Waals surface area contributed by atoms with Crippen LogP contribution in [0.1, 0.15) is 141 Å². The third-order valence-corrected chi connectivity index (χ3v) is 21.2. The van der Waals surface area contributed by atoms with Gasteiger partial charge in [-0.15, -0.1) is 41.9 Å². The quantitative estimate of drug-likeness (QED) is 0.0138. The number of thiophene rings is 2. The summed E-state index contributed by atoms with van der Waals surface area (Å²) in [6.45, 7) is 1.31. The number of sulfonamides is 1. The molecule has 2 aliphatic heterocycles. The number of nitrogens with one attached hydrogen (secondary N) is 8. The molecule has 2 unspecified atom stereocenters. The molecule has 0 radical (unpaired) electrons. The van der Waals surface area contributed by atoms with E-state index < -0.39 is 33.8 Å². The second kappa shape index (κ2) is 32.3. The lowest BCUT2D eigenvalue weighted by Gasteiger charge is -2.33. The van der Waals surface area contributed by atoms with Crippen molar-refractivity contribution >= 4 is 126 Å². The number of hydrogen-bond acceptors (Lipinski definition) is 28. The third-order valence-electron chi connectivity index (χ3n) is 17.4. The van der Waals surface area contributed by atoms with E-state index in [1.165, 1.54) is 57.3 Å². The number of H-pyrrole nitrogens is 4. The second-order valence-corrected chi connectivity index (χ2v) is 29.3. The van der Waals surface area contributed by atoms with Crippen molar-refractivity contribution in [2.45, 2.75) is 111 Å². The smallest absolute Gasteiger partial charge is 0.378 e. The van der Waals surface area contributed by atoms with Crippen molar-refractivity contribution < 1.29 is 49.8 Å². The molecule has 11 aromatic heterocycles. The average Bonchev–Trinajstić information content (AvgIpc) is 1.61. The fourth-order valence-corrected chi connectivity index (χ4v) is 14.1. The van der Waals surface area contributed by atoms with E-state index in [1.807, 2.05) is 23.1 Å². The molecule has 13 heterocycles. The summed E-state index contributed by atoms with van der Waals surface area (Å²) in [6.07, 6.45) is 36.4. The first-order chi connectivity index (χ1) is 51.8. The number of ether oxygens (including phenoxy) is 1. The van der Waals surface area contributed by atoms with Gasteiger partial charge < -0.3 is 50.4 Å². The molecule has 3 saturated carbocycles. The van der Waals surface area contributed by atoms with Crippen LogP contribution in [-0.4, -0.2) is 155 Å². The number of nitrogens with zero attached hydrogens (tertiary/aromatic N) is 14. The number of Topliss-reactive ketones (excluding diaryl/α,β-unsaturated/α-hetero) is 1. The SMILES string of the molecule is C#Cc1cnc(-c2ccc(C(=O)C(=O)O)s2)nc1Nc1cc(C2CC2)[nH]n1.C#Cc1cnc(N2CCCCC2C(=O)O)nc1Nc1cc(C2CC2)[nH]n1.C#Cc1cnc(N2CCCCC2C(=O)OC)nc1Nc1cc(C2CC2)[nH]n1.NS(=O)(=O)c1ccc(-c2ncc(Cl)c(Nc3cc(-c4ccco4)[nH]n3)n2)s1.[HH].[HH]. The summed E-state index contributed by atoms with van der Waals surface area (Å²) in [5, 5.41) is 65.0. The number of aliphatic carboxylic acids is 2. The first kappa shape index (κ1) is 72.9. The predicted molar refractivity (Wildman–Crippen MR) is 402 cm³/mol. The van der Waals surface area contributed by atoms with Crippen molar-refractivity contribution in [3.63, 3.8) is 0 Å². The van der Waals surface area contributed by atoms with Gasteiger partial charge in [0.25, 0.3) is 5.78 Å². The summed E-state index contributed by atoms with van der Waals surface area (Å²) in [5.74, 6) is 12.0. The summed E-state index contributed by atoms with van der Waals surface area (Å²) < 4.78 is 33.1. The number of hydrogen-bond donors (Lipinski definition) is 11. The topological polar surface area (TPSA) is 464 Å². The van der Waals surface area contributed by atoms with Gasteiger partial charge in [-0.2, -0.15) is 30.4 Å². The molecule has 107 heavy (non-hydrogen) atoms.